The lowest BCUT2D eigenvalue weighted by atomic mass is 9.96. The minimum absolute atomic E-state index is 0. The van der Waals surface area contributed by atoms with Crippen molar-refractivity contribution in [2.24, 2.45) is 10.4 Å². The molecule has 0 radical (unpaired) electrons. The molecular weight excluding hydrogens is 453 g/mol. The van der Waals surface area contributed by atoms with Gasteiger partial charge < -0.3 is 20.9 Å². The Bertz CT molecular complexity index is 776. The number of hydrogen-bond acceptors (Lipinski definition) is 2. The fraction of sp³-hybridized carbons (Fsp3) is 0.500. The smallest absolute Gasteiger partial charge is 0.225 e. The highest BCUT2D eigenvalue weighted by atomic mass is 127. The molecule has 27 heavy (non-hydrogen) atoms. The molecule has 1 heterocycles. The number of nitrogens with one attached hydrogen (secondary N) is 4. The highest BCUT2D eigenvalue weighted by Crippen LogP contribution is 2.22. The van der Waals surface area contributed by atoms with E-state index in [0.29, 0.717) is 13.1 Å². The van der Waals surface area contributed by atoms with Crippen molar-refractivity contribution in [2.75, 3.05) is 26.7 Å². The molecule has 0 aliphatic rings. The largest absolute Gasteiger partial charge is 0.361 e. The molecule has 0 bridgehead atoms. The van der Waals surface area contributed by atoms with Crippen LogP contribution in [0, 0.1) is 12.3 Å². The van der Waals surface area contributed by atoms with Crippen LogP contribution in [0.15, 0.2) is 29.4 Å². The molecule has 0 aliphatic carbocycles. The lowest BCUT2D eigenvalue weighted by molar-refractivity contribution is -0.128. The summed E-state index contributed by atoms with van der Waals surface area (Å²) in [6, 6.07) is 6.31. The van der Waals surface area contributed by atoms with Crippen molar-refractivity contribution >= 4 is 46.7 Å². The minimum Gasteiger partial charge on any atom is -0.361 e. The number of carbonyl (C=O) groups excluding carboxylic acids is 1. The van der Waals surface area contributed by atoms with Gasteiger partial charge in [-0.05, 0) is 30.5 Å². The summed E-state index contributed by atoms with van der Waals surface area (Å²) in [5, 5.41) is 10.8. The van der Waals surface area contributed by atoms with Crippen molar-refractivity contribution < 1.29 is 4.79 Å². The Morgan fingerprint density at radius 1 is 1.11 bits per heavy atom. The van der Waals surface area contributed by atoms with E-state index in [0.717, 1.165) is 18.9 Å². The number of aliphatic imine (C=N–C) groups is 1. The number of aryl methyl sites for hydroxylation is 1. The Hall–Kier alpha value is -1.77. The SMILES string of the molecule is CN=C(NCCNC(=O)C(C)(C)C)NCCc1c[nH]c2cccc(C)c12.I. The molecule has 0 unspecified atom stereocenters. The van der Waals surface area contributed by atoms with Gasteiger partial charge in [-0.1, -0.05) is 32.9 Å². The van der Waals surface area contributed by atoms with E-state index in [4.69, 9.17) is 0 Å². The Kier molecular flexibility index (Phi) is 9.08. The Labute approximate surface area is 179 Å². The number of amides is 1. The highest BCUT2D eigenvalue weighted by Gasteiger charge is 2.20. The van der Waals surface area contributed by atoms with Crippen LogP contribution in [0.5, 0.6) is 0 Å². The van der Waals surface area contributed by atoms with Crippen LogP contribution in [0.1, 0.15) is 31.9 Å². The summed E-state index contributed by atoms with van der Waals surface area (Å²) < 4.78 is 0. The predicted molar refractivity (Wildman–Crippen MR) is 124 cm³/mol. The highest BCUT2D eigenvalue weighted by molar-refractivity contribution is 14.0. The number of rotatable bonds is 6. The van der Waals surface area contributed by atoms with E-state index in [2.05, 4.69) is 57.2 Å². The normalized spacial score (nSPS) is 11.8. The van der Waals surface area contributed by atoms with Crippen LogP contribution >= 0.6 is 24.0 Å². The molecule has 150 valence electrons. The van der Waals surface area contributed by atoms with Crippen LogP contribution in [-0.2, 0) is 11.2 Å². The topological polar surface area (TPSA) is 81.3 Å². The quantitative estimate of drug-likeness (QED) is 0.220. The zero-order valence-corrected chi connectivity index (χ0v) is 19.2. The third kappa shape index (κ3) is 6.71. The van der Waals surface area contributed by atoms with Gasteiger partial charge in [-0.15, -0.1) is 24.0 Å². The van der Waals surface area contributed by atoms with Crippen LogP contribution in [0.2, 0.25) is 0 Å². The van der Waals surface area contributed by atoms with Crippen molar-refractivity contribution in [1.82, 2.24) is 20.9 Å². The number of guanidine groups is 1. The number of hydrogen-bond donors (Lipinski definition) is 4. The summed E-state index contributed by atoms with van der Waals surface area (Å²) in [4.78, 5) is 19.4. The second-order valence-corrected chi connectivity index (χ2v) is 7.49. The number of nitrogens with zero attached hydrogens (tertiary/aromatic N) is 1. The zero-order chi connectivity index (χ0) is 19.2. The summed E-state index contributed by atoms with van der Waals surface area (Å²) in [6.45, 7) is 9.84. The molecule has 6 nitrogen and oxygen atoms in total. The second-order valence-electron chi connectivity index (χ2n) is 7.49. The molecule has 1 aromatic carbocycles. The van der Waals surface area contributed by atoms with E-state index >= 15 is 0 Å². The third-order valence-corrected chi connectivity index (χ3v) is 4.29. The van der Waals surface area contributed by atoms with E-state index in [-0.39, 0.29) is 35.3 Å². The molecule has 2 rings (SSSR count). The molecule has 1 aromatic heterocycles. The van der Waals surface area contributed by atoms with Gasteiger partial charge in [0.25, 0.3) is 0 Å². The number of fused-ring (bicyclic) bond motifs is 1. The Morgan fingerprint density at radius 2 is 1.78 bits per heavy atom. The van der Waals surface area contributed by atoms with Gasteiger partial charge in [0, 0.05) is 49.2 Å². The van der Waals surface area contributed by atoms with Crippen LogP contribution in [-0.4, -0.2) is 43.5 Å². The average Bonchev–Trinajstić information content (AvgIpc) is 3.00. The van der Waals surface area contributed by atoms with Gasteiger partial charge in [0.1, 0.15) is 0 Å². The van der Waals surface area contributed by atoms with Crippen LogP contribution in [0.4, 0.5) is 0 Å². The Balaban J connectivity index is 0.00000364. The van der Waals surface area contributed by atoms with E-state index in [1.165, 1.54) is 22.0 Å². The number of benzene rings is 1. The number of carbonyl (C=O) groups is 1. The molecule has 0 aliphatic heterocycles. The van der Waals surface area contributed by atoms with Crippen molar-refractivity contribution in [2.45, 2.75) is 34.1 Å². The van der Waals surface area contributed by atoms with Crippen LogP contribution in [0.25, 0.3) is 10.9 Å². The number of aromatic nitrogens is 1. The Morgan fingerprint density at radius 3 is 2.44 bits per heavy atom. The van der Waals surface area contributed by atoms with Crippen LogP contribution in [0.3, 0.4) is 0 Å². The van der Waals surface area contributed by atoms with E-state index in [1.807, 2.05) is 20.8 Å². The van der Waals surface area contributed by atoms with Crippen molar-refractivity contribution in [1.29, 1.82) is 0 Å². The maximum Gasteiger partial charge on any atom is 0.225 e. The summed E-state index contributed by atoms with van der Waals surface area (Å²) in [5.41, 5.74) is 3.41. The predicted octanol–water partition coefficient (Wildman–Crippen LogP) is 2.96. The molecule has 0 atom stereocenters. The summed E-state index contributed by atoms with van der Waals surface area (Å²) in [7, 11) is 1.75. The van der Waals surface area contributed by atoms with Gasteiger partial charge in [-0.3, -0.25) is 9.79 Å². The van der Waals surface area contributed by atoms with Crippen LogP contribution < -0.4 is 16.0 Å². The molecule has 0 saturated carbocycles. The van der Waals surface area contributed by atoms with Gasteiger partial charge in [0.05, 0.1) is 0 Å². The molecule has 1 amide bonds. The number of aromatic amines is 1. The molecule has 2 aromatic rings. The van der Waals surface area contributed by atoms with Gasteiger partial charge in [0.2, 0.25) is 5.91 Å². The third-order valence-electron chi connectivity index (χ3n) is 4.29. The maximum absolute atomic E-state index is 11.8. The van der Waals surface area contributed by atoms with E-state index in [9.17, 15) is 4.79 Å². The fourth-order valence-corrected chi connectivity index (χ4v) is 2.81. The second kappa shape index (κ2) is 10.5. The molecule has 4 N–H and O–H groups in total. The molecule has 7 heteroatoms. The van der Waals surface area contributed by atoms with Crippen molar-refractivity contribution in [3.05, 3.63) is 35.5 Å². The fourth-order valence-electron chi connectivity index (χ4n) is 2.81. The van der Waals surface area contributed by atoms with Crippen molar-refractivity contribution in [3.63, 3.8) is 0 Å². The first-order chi connectivity index (χ1) is 12.3. The summed E-state index contributed by atoms with van der Waals surface area (Å²) >= 11 is 0. The maximum atomic E-state index is 11.8. The standard InChI is InChI=1S/C20H31N5O.HI/c1-14-7-6-8-16-17(14)15(13-25-16)9-10-23-19(21-5)24-12-11-22-18(26)20(2,3)4;/h6-8,13,25H,9-12H2,1-5H3,(H,22,26)(H2,21,23,24);1H. The average molecular weight is 485 g/mol. The van der Waals surface area contributed by atoms with Gasteiger partial charge in [-0.2, -0.15) is 0 Å². The lowest BCUT2D eigenvalue weighted by Crippen LogP contribution is -2.43. The van der Waals surface area contributed by atoms with Crippen molar-refractivity contribution in [3.8, 4) is 0 Å². The first-order valence-corrected chi connectivity index (χ1v) is 9.11. The molecule has 0 fully saturated rings. The summed E-state index contributed by atoms with van der Waals surface area (Å²) in [5.74, 6) is 0.795. The summed E-state index contributed by atoms with van der Waals surface area (Å²) in [6.07, 6.45) is 2.99. The van der Waals surface area contributed by atoms with E-state index < -0.39 is 0 Å². The number of halogens is 1. The van der Waals surface area contributed by atoms with Gasteiger partial charge >= 0.3 is 0 Å². The van der Waals surface area contributed by atoms with Gasteiger partial charge in [0.15, 0.2) is 5.96 Å². The zero-order valence-electron chi connectivity index (χ0n) is 16.9. The first kappa shape index (κ1) is 23.3. The monoisotopic (exact) mass is 485 g/mol. The molecule has 0 spiro atoms. The van der Waals surface area contributed by atoms with E-state index in [1.54, 1.807) is 7.05 Å². The molecule has 0 saturated heterocycles. The number of H-pyrrole nitrogens is 1. The lowest BCUT2D eigenvalue weighted by Gasteiger charge is -2.18. The van der Waals surface area contributed by atoms with Gasteiger partial charge in [-0.25, -0.2) is 0 Å². The minimum atomic E-state index is -0.364. The molecular formula is C20H32IN5O. The first-order valence-electron chi connectivity index (χ1n) is 9.11.